The molecular weight excluding hydrogens is 252 g/mol. The Morgan fingerprint density at radius 1 is 1.33 bits per heavy atom. The molecule has 78 valence electrons. The van der Waals surface area contributed by atoms with E-state index in [4.69, 9.17) is 0 Å². The van der Waals surface area contributed by atoms with Crippen molar-refractivity contribution in [1.29, 1.82) is 0 Å². The molecule has 15 heavy (non-hydrogen) atoms. The number of nitrogens with zero attached hydrogens (tertiary/aromatic N) is 2. The maximum Gasteiger partial charge on any atom is 0.0598 e. The molecule has 0 aliphatic heterocycles. The first-order chi connectivity index (χ1) is 7.15. The van der Waals surface area contributed by atoms with Crippen molar-refractivity contribution in [2.24, 2.45) is 0 Å². The minimum Gasteiger partial charge on any atom is -0.159 e. The zero-order chi connectivity index (χ0) is 10.6. The lowest BCUT2D eigenvalue weighted by atomic mass is 9.89. The molecule has 2 bridgehead atoms. The highest BCUT2D eigenvalue weighted by molar-refractivity contribution is 9.10. The number of rotatable bonds is 1. The molecule has 0 amide bonds. The van der Waals surface area contributed by atoms with Crippen LogP contribution in [0.2, 0.25) is 0 Å². The Bertz CT molecular complexity index is 410. The molecule has 1 unspecified atom stereocenters. The van der Waals surface area contributed by atoms with E-state index in [-0.39, 0.29) is 4.32 Å². The van der Waals surface area contributed by atoms with E-state index in [1.807, 2.05) is 12.4 Å². The van der Waals surface area contributed by atoms with Gasteiger partial charge in [0.2, 0.25) is 0 Å². The second-order valence-corrected chi connectivity index (χ2v) is 5.94. The second kappa shape index (κ2) is 2.91. The van der Waals surface area contributed by atoms with Crippen molar-refractivity contribution in [2.75, 3.05) is 0 Å². The second-order valence-electron chi connectivity index (χ2n) is 4.63. The van der Waals surface area contributed by atoms with E-state index in [0.29, 0.717) is 11.8 Å². The molecule has 1 saturated carbocycles. The molecule has 1 aromatic rings. The first kappa shape index (κ1) is 9.52. The van der Waals surface area contributed by atoms with Gasteiger partial charge in [-0.2, -0.15) is 10.2 Å². The summed E-state index contributed by atoms with van der Waals surface area (Å²) >= 11 is 3.93. The highest BCUT2D eigenvalue weighted by Gasteiger charge is 2.56. The van der Waals surface area contributed by atoms with Gasteiger partial charge in [-0.05, 0) is 30.9 Å². The van der Waals surface area contributed by atoms with E-state index >= 15 is 0 Å². The van der Waals surface area contributed by atoms with Crippen LogP contribution in [0.4, 0.5) is 0 Å². The van der Waals surface area contributed by atoms with Crippen LogP contribution >= 0.6 is 15.9 Å². The van der Waals surface area contributed by atoms with Crippen molar-refractivity contribution in [3.63, 3.8) is 0 Å². The van der Waals surface area contributed by atoms with E-state index in [9.17, 15) is 0 Å². The van der Waals surface area contributed by atoms with Gasteiger partial charge in [-0.1, -0.05) is 28.1 Å². The van der Waals surface area contributed by atoms with E-state index < -0.39 is 0 Å². The van der Waals surface area contributed by atoms with Gasteiger partial charge < -0.3 is 0 Å². The maximum absolute atomic E-state index is 4.15. The smallest absolute Gasteiger partial charge is 0.0598 e. The lowest BCUT2D eigenvalue weighted by molar-refractivity contribution is 0.630. The molecule has 0 spiro atoms. The Morgan fingerprint density at radius 3 is 2.20 bits per heavy atom. The zero-order valence-corrected chi connectivity index (χ0v) is 10.3. The molecule has 2 aliphatic rings. The summed E-state index contributed by atoms with van der Waals surface area (Å²) in [7, 11) is 0. The summed E-state index contributed by atoms with van der Waals surface area (Å²) in [5.41, 5.74) is 3.98. The molecule has 0 radical (unpaired) electrons. The third-order valence-electron chi connectivity index (χ3n) is 3.96. The number of halogens is 1. The van der Waals surface area contributed by atoms with Crippen molar-refractivity contribution in [3.8, 4) is 0 Å². The minimum atomic E-state index is 0.0695. The summed E-state index contributed by atoms with van der Waals surface area (Å²) < 4.78 is 0.0695. The molecule has 0 N–H and O–H groups in total. The van der Waals surface area contributed by atoms with Gasteiger partial charge in [0.05, 0.1) is 16.7 Å². The van der Waals surface area contributed by atoms with Crippen molar-refractivity contribution < 1.29 is 0 Å². The van der Waals surface area contributed by atoms with Crippen LogP contribution in [-0.4, -0.2) is 14.5 Å². The first-order valence-electron chi connectivity index (χ1n) is 5.31. The lowest BCUT2D eigenvalue weighted by Crippen LogP contribution is -2.25. The molecule has 0 aromatic carbocycles. The van der Waals surface area contributed by atoms with Crippen LogP contribution in [0.1, 0.15) is 42.7 Å². The summed E-state index contributed by atoms with van der Waals surface area (Å²) in [6.07, 6.45) is 6.33. The SMILES string of the molecule is C=C(C)C1(Br)[C@@H]2CC[C@H]1c1cnncc12. The summed E-state index contributed by atoms with van der Waals surface area (Å²) in [4.78, 5) is 0. The molecule has 3 rings (SSSR count). The summed E-state index contributed by atoms with van der Waals surface area (Å²) in [6.45, 7) is 6.26. The van der Waals surface area contributed by atoms with Gasteiger partial charge in [0, 0.05) is 11.8 Å². The van der Waals surface area contributed by atoms with E-state index in [1.54, 1.807) is 0 Å². The van der Waals surface area contributed by atoms with Crippen molar-refractivity contribution in [2.45, 2.75) is 35.9 Å². The predicted octanol–water partition coefficient (Wildman–Crippen LogP) is 3.16. The van der Waals surface area contributed by atoms with Crippen LogP contribution in [-0.2, 0) is 0 Å². The van der Waals surface area contributed by atoms with Gasteiger partial charge in [0.1, 0.15) is 0 Å². The Morgan fingerprint density at radius 2 is 1.80 bits per heavy atom. The zero-order valence-electron chi connectivity index (χ0n) is 8.70. The fourth-order valence-corrected chi connectivity index (χ4v) is 4.23. The Kier molecular flexibility index (Phi) is 1.85. The summed E-state index contributed by atoms with van der Waals surface area (Å²) in [5, 5.41) is 8.00. The molecule has 2 aliphatic carbocycles. The van der Waals surface area contributed by atoms with Crippen molar-refractivity contribution >= 4 is 15.9 Å². The standard InChI is InChI=1S/C12H13BrN2/c1-7(2)12(13)10-3-4-11(12)9-6-15-14-5-8(9)10/h5-6,10-11H,1,3-4H2,2H3/t10-,11+,12?. The fourth-order valence-electron chi connectivity index (χ4n) is 3.28. The summed E-state index contributed by atoms with van der Waals surface area (Å²) in [6, 6.07) is 0. The Hall–Kier alpha value is -0.700. The molecule has 0 saturated heterocycles. The molecule has 1 heterocycles. The van der Waals surface area contributed by atoms with Crippen LogP contribution in [0.15, 0.2) is 24.5 Å². The van der Waals surface area contributed by atoms with Gasteiger partial charge in [-0.25, -0.2) is 0 Å². The molecule has 1 fully saturated rings. The first-order valence-corrected chi connectivity index (χ1v) is 6.10. The van der Waals surface area contributed by atoms with Crippen molar-refractivity contribution in [1.82, 2.24) is 10.2 Å². The third kappa shape index (κ3) is 0.996. The molecule has 1 aromatic heterocycles. The normalized spacial score (nSPS) is 36.7. The molecular formula is C12H13BrN2. The number of fused-ring (bicyclic) bond motifs is 5. The lowest BCUT2D eigenvalue weighted by Gasteiger charge is -2.28. The quantitative estimate of drug-likeness (QED) is 0.575. The summed E-state index contributed by atoms with van der Waals surface area (Å²) in [5.74, 6) is 1.09. The van der Waals surface area contributed by atoms with E-state index in [1.165, 1.54) is 29.5 Å². The van der Waals surface area contributed by atoms with E-state index in [2.05, 4.69) is 39.6 Å². The van der Waals surface area contributed by atoms with Gasteiger partial charge in [0.15, 0.2) is 0 Å². The molecule has 3 heteroatoms. The minimum absolute atomic E-state index is 0.0695. The monoisotopic (exact) mass is 264 g/mol. The topological polar surface area (TPSA) is 25.8 Å². The van der Waals surface area contributed by atoms with Crippen LogP contribution < -0.4 is 0 Å². The van der Waals surface area contributed by atoms with Gasteiger partial charge in [-0.15, -0.1) is 0 Å². The third-order valence-corrected chi connectivity index (χ3v) is 5.74. The van der Waals surface area contributed by atoms with Crippen LogP contribution in [0, 0.1) is 0 Å². The average molecular weight is 265 g/mol. The Labute approximate surface area is 97.9 Å². The predicted molar refractivity (Wildman–Crippen MR) is 63.2 cm³/mol. The van der Waals surface area contributed by atoms with Gasteiger partial charge >= 0.3 is 0 Å². The average Bonchev–Trinajstić information content (AvgIpc) is 2.70. The van der Waals surface area contributed by atoms with Crippen LogP contribution in [0.5, 0.6) is 0 Å². The highest BCUT2D eigenvalue weighted by atomic mass is 79.9. The fraction of sp³-hybridized carbons (Fsp3) is 0.500. The molecule has 3 atom stereocenters. The van der Waals surface area contributed by atoms with E-state index in [0.717, 1.165) is 0 Å². The number of alkyl halides is 1. The largest absolute Gasteiger partial charge is 0.159 e. The molecule has 2 nitrogen and oxygen atoms in total. The maximum atomic E-state index is 4.15. The number of aromatic nitrogens is 2. The highest BCUT2D eigenvalue weighted by Crippen LogP contribution is 2.65. The number of hydrogen-bond donors (Lipinski definition) is 0. The number of allylic oxidation sites excluding steroid dienone is 1. The Balaban J connectivity index is 2.20. The van der Waals surface area contributed by atoms with Gasteiger partial charge in [0.25, 0.3) is 0 Å². The number of hydrogen-bond acceptors (Lipinski definition) is 2. The van der Waals surface area contributed by atoms with Gasteiger partial charge in [-0.3, -0.25) is 0 Å². The van der Waals surface area contributed by atoms with Crippen LogP contribution in [0.3, 0.4) is 0 Å². The van der Waals surface area contributed by atoms with Crippen molar-refractivity contribution in [3.05, 3.63) is 35.7 Å². The van der Waals surface area contributed by atoms with Crippen LogP contribution in [0.25, 0.3) is 0 Å².